The summed E-state index contributed by atoms with van der Waals surface area (Å²) in [5.41, 5.74) is 2.28. The second-order valence-electron chi connectivity index (χ2n) is 5.20. The van der Waals surface area contributed by atoms with Gasteiger partial charge in [0, 0.05) is 12.4 Å². The number of carbonyl (C=O) groups excluding carboxylic acids is 1. The molecule has 0 aliphatic carbocycles. The van der Waals surface area contributed by atoms with Crippen LogP contribution in [0, 0.1) is 0 Å². The highest BCUT2D eigenvalue weighted by molar-refractivity contribution is 5.86. The molecule has 3 aromatic rings. The van der Waals surface area contributed by atoms with E-state index >= 15 is 0 Å². The number of anilines is 1. The summed E-state index contributed by atoms with van der Waals surface area (Å²) in [5.74, 6) is 0.0858. The molecule has 0 saturated carbocycles. The first kappa shape index (κ1) is 15.7. The number of esters is 1. The maximum Gasteiger partial charge on any atom is 0.358 e. The van der Waals surface area contributed by atoms with E-state index in [0.29, 0.717) is 5.82 Å². The van der Waals surface area contributed by atoms with E-state index in [1.165, 1.54) is 7.11 Å². The summed E-state index contributed by atoms with van der Waals surface area (Å²) in [4.78, 5) is 11.3. The van der Waals surface area contributed by atoms with E-state index < -0.39 is 5.97 Å². The maximum absolute atomic E-state index is 11.3. The largest absolute Gasteiger partial charge is 0.464 e. The molecule has 7 nitrogen and oxygen atoms in total. The number of hydrogen-bond donors (Lipinski definition) is 1. The number of rotatable bonds is 5. The Balaban J connectivity index is 1.68. The van der Waals surface area contributed by atoms with Crippen LogP contribution in [0.4, 0.5) is 5.82 Å². The molecule has 0 bridgehead atoms. The van der Waals surface area contributed by atoms with E-state index in [2.05, 4.69) is 25.3 Å². The van der Waals surface area contributed by atoms with E-state index in [0.717, 1.165) is 11.3 Å². The van der Waals surface area contributed by atoms with Gasteiger partial charge in [-0.25, -0.2) is 9.48 Å². The zero-order chi connectivity index (χ0) is 16.9. The Morgan fingerprint density at radius 3 is 2.54 bits per heavy atom. The number of ether oxygens (including phenoxy) is 1. The maximum atomic E-state index is 11.3. The highest BCUT2D eigenvalue weighted by Gasteiger charge is 2.10. The van der Waals surface area contributed by atoms with Crippen molar-refractivity contribution >= 4 is 11.8 Å². The fourth-order valence-corrected chi connectivity index (χ4v) is 2.27. The van der Waals surface area contributed by atoms with Crippen LogP contribution in [0.25, 0.3) is 5.69 Å². The minimum atomic E-state index is -0.503. The van der Waals surface area contributed by atoms with E-state index in [-0.39, 0.29) is 11.7 Å². The van der Waals surface area contributed by atoms with Crippen molar-refractivity contribution in [1.82, 2.24) is 20.0 Å². The van der Waals surface area contributed by atoms with Crippen molar-refractivity contribution in [2.75, 3.05) is 12.4 Å². The van der Waals surface area contributed by atoms with Gasteiger partial charge in [-0.15, -0.1) is 10.2 Å². The lowest BCUT2D eigenvalue weighted by molar-refractivity contribution is 0.0593. The molecule has 1 aromatic carbocycles. The third kappa shape index (κ3) is 3.40. The normalized spacial score (nSPS) is 11.8. The summed E-state index contributed by atoms with van der Waals surface area (Å²) in [5, 5.41) is 15.3. The van der Waals surface area contributed by atoms with Gasteiger partial charge in [0.2, 0.25) is 0 Å². The summed E-state index contributed by atoms with van der Waals surface area (Å²) < 4.78 is 6.40. The van der Waals surface area contributed by atoms with Gasteiger partial charge in [0.1, 0.15) is 5.82 Å². The molecule has 1 atom stereocenters. The zero-order valence-electron chi connectivity index (χ0n) is 13.4. The minimum Gasteiger partial charge on any atom is -0.464 e. The van der Waals surface area contributed by atoms with Gasteiger partial charge in [-0.2, -0.15) is 5.10 Å². The van der Waals surface area contributed by atoms with Crippen LogP contribution in [-0.4, -0.2) is 33.1 Å². The third-order valence-electron chi connectivity index (χ3n) is 3.59. The molecule has 1 N–H and O–H groups in total. The molecule has 0 aliphatic rings. The predicted octanol–water partition coefficient (Wildman–Crippen LogP) is 2.62. The summed E-state index contributed by atoms with van der Waals surface area (Å²) >= 11 is 0. The Kier molecular flexibility index (Phi) is 4.51. The third-order valence-corrected chi connectivity index (χ3v) is 3.59. The van der Waals surface area contributed by atoms with Crippen LogP contribution in [0.1, 0.15) is 29.0 Å². The second-order valence-corrected chi connectivity index (χ2v) is 5.20. The predicted molar refractivity (Wildman–Crippen MR) is 89.0 cm³/mol. The van der Waals surface area contributed by atoms with Gasteiger partial charge in [-0.3, -0.25) is 0 Å². The molecule has 7 heteroatoms. The second kappa shape index (κ2) is 6.91. The molecule has 2 aromatic heterocycles. The van der Waals surface area contributed by atoms with Crippen LogP contribution in [0.5, 0.6) is 0 Å². The average molecular weight is 323 g/mol. The van der Waals surface area contributed by atoms with Crippen LogP contribution < -0.4 is 5.32 Å². The molecule has 3 rings (SSSR count). The van der Waals surface area contributed by atoms with Crippen LogP contribution in [-0.2, 0) is 4.74 Å². The number of benzene rings is 1. The molecule has 122 valence electrons. The number of nitrogens with one attached hydrogen (secondary N) is 1. The molecule has 1 unspecified atom stereocenters. The van der Waals surface area contributed by atoms with E-state index in [4.69, 9.17) is 0 Å². The van der Waals surface area contributed by atoms with Crippen molar-refractivity contribution in [3.05, 3.63) is 66.1 Å². The van der Waals surface area contributed by atoms with Crippen molar-refractivity contribution < 1.29 is 9.53 Å². The quantitative estimate of drug-likeness (QED) is 0.727. The molecular formula is C17H17N5O2. The molecular weight excluding hydrogens is 306 g/mol. The van der Waals surface area contributed by atoms with E-state index in [9.17, 15) is 4.79 Å². The molecule has 0 fully saturated rings. The molecule has 2 heterocycles. The van der Waals surface area contributed by atoms with Crippen molar-refractivity contribution in [2.45, 2.75) is 13.0 Å². The number of methoxy groups -OCH3 is 1. The fraction of sp³-hybridized carbons (Fsp3) is 0.176. The van der Waals surface area contributed by atoms with Crippen molar-refractivity contribution in [2.24, 2.45) is 0 Å². The van der Waals surface area contributed by atoms with E-state index in [1.54, 1.807) is 23.0 Å². The van der Waals surface area contributed by atoms with Crippen molar-refractivity contribution in [3.8, 4) is 5.69 Å². The van der Waals surface area contributed by atoms with Crippen LogP contribution in [0.15, 0.2) is 54.9 Å². The smallest absolute Gasteiger partial charge is 0.358 e. The van der Waals surface area contributed by atoms with Gasteiger partial charge in [-0.05, 0) is 42.8 Å². The number of hydrogen-bond acceptors (Lipinski definition) is 6. The van der Waals surface area contributed by atoms with E-state index in [1.807, 2.05) is 43.5 Å². The Morgan fingerprint density at radius 2 is 1.96 bits per heavy atom. The molecule has 0 amide bonds. The standard InChI is InChI=1S/C17H17N5O2/c1-12(19-16-9-8-15(20-21-16)17(23)24-2)13-4-6-14(7-5-13)22-11-3-10-18-22/h3-12H,1-2H3,(H,19,21). The Hall–Kier alpha value is -3.22. The van der Waals surface area contributed by atoms with Gasteiger partial charge >= 0.3 is 5.97 Å². The summed E-state index contributed by atoms with van der Waals surface area (Å²) in [6.07, 6.45) is 3.64. The Labute approximate surface area is 139 Å². The number of nitrogens with zero attached hydrogens (tertiary/aromatic N) is 4. The Morgan fingerprint density at radius 1 is 1.17 bits per heavy atom. The highest BCUT2D eigenvalue weighted by atomic mass is 16.5. The first-order valence-electron chi connectivity index (χ1n) is 7.46. The molecule has 0 saturated heterocycles. The molecule has 24 heavy (non-hydrogen) atoms. The van der Waals surface area contributed by atoms with Gasteiger partial charge in [0.15, 0.2) is 5.69 Å². The summed E-state index contributed by atoms with van der Waals surface area (Å²) in [6, 6.07) is 13.3. The lowest BCUT2D eigenvalue weighted by atomic mass is 10.1. The van der Waals surface area contributed by atoms with Crippen molar-refractivity contribution in [3.63, 3.8) is 0 Å². The van der Waals surface area contributed by atoms with Gasteiger partial charge in [0.25, 0.3) is 0 Å². The monoisotopic (exact) mass is 323 g/mol. The van der Waals surface area contributed by atoms with Crippen LogP contribution in [0.2, 0.25) is 0 Å². The van der Waals surface area contributed by atoms with Gasteiger partial charge < -0.3 is 10.1 Å². The fourth-order valence-electron chi connectivity index (χ4n) is 2.27. The highest BCUT2D eigenvalue weighted by Crippen LogP contribution is 2.19. The minimum absolute atomic E-state index is 0.0370. The lowest BCUT2D eigenvalue weighted by Crippen LogP contribution is -2.11. The first-order chi connectivity index (χ1) is 11.7. The topological polar surface area (TPSA) is 81.9 Å². The van der Waals surface area contributed by atoms with Crippen LogP contribution in [0.3, 0.4) is 0 Å². The van der Waals surface area contributed by atoms with Crippen molar-refractivity contribution in [1.29, 1.82) is 0 Å². The first-order valence-corrected chi connectivity index (χ1v) is 7.46. The van der Waals surface area contributed by atoms with Gasteiger partial charge in [0.05, 0.1) is 18.8 Å². The average Bonchev–Trinajstić information content (AvgIpc) is 3.16. The number of carbonyl (C=O) groups is 1. The number of aromatic nitrogens is 4. The SMILES string of the molecule is COC(=O)c1ccc(NC(C)c2ccc(-n3cccn3)cc2)nn1. The van der Waals surface area contributed by atoms with Gasteiger partial charge in [-0.1, -0.05) is 12.1 Å². The summed E-state index contributed by atoms with van der Waals surface area (Å²) in [6.45, 7) is 2.03. The molecule has 0 radical (unpaired) electrons. The molecule has 0 spiro atoms. The lowest BCUT2D eigenvalue weighted by Gasteiger charge is -2.15. The molecule has 0 aliphatic heterocycles. The Bertz CT molecular complexity index is 798. The summed E-state index contributed by atoms with van der Waals surface area (Å²) in [7, 11) is 1.31. The van der Waals surface area contributed by atoms with Crippen LogP contribution >= 0.6 is 0 Å². The zero-order valence-corrected chi connectivity index (χ0v) is 13.4.